The summed E-state index contributed by atoms with van der Waals surface area (Å²) in [5.74, 6) is -1.62. The van der Waals surface area contributed by atoms with E-state index in [-0.39, 0.29) is 22.0 Å². The Labute approximate surface area is 172 Å². The van der Waals surface area contributed by atoms with Gasteiger partial charge in [0.1, 0.15) is 5.75 Å². The average molecular weight is 443 g/mol. The van der Waals surface area contributed by atoms with E-state index < -0.39 is 27.8 Å². The largest absolute Gasteiger partial charge is 0.495 e. The number of hydrogen-bond donors (Lipinski definition) is 1. The molecule has 0 saturated carbocycles. The fraction of sp³-hybridized carbons (Fsp3) is 0.222. The van der Waals surface area contributed by atoms with Gasteiger partial charge in [-0.15, -0.1) is 0 Å². The lowest BCUT2D eigenvalue weighted by Crippen LogP contribution is -2.30. The molecule has 7 nitrogen and oxygen atoms in total. The number of carbonyl (C=O) groups excluding carboxylic acids is 2. The first-order valence-electron chi connectivity index (χ1n) is 8.15. The molecule has 3 rings (SSSR count). The monoisotopic (exact) mass is 442 g/mol. The van der Waals surface area contributed by atoms with Crippen LogP contribution in [0.4, 0.5) is 11.4 Å². The molecule has 2 aromatic rings. The van der Waals surface area contributed by atoms with E-state index >= 15 is 0 Å². The molecule has 1 aliphatic rings. The summed E-state index contributed by atoms with van der Waals surface area (Å²) in [6.45, 7) is 1.53. The van der Waals surface area contributed by atoms with E-state index in [2.05, 4.69) is 5.32 Å². The van der Waals surface area contributed by atoms with E-state index in [0.29, 0.717) is 20.8 Å². The van der Waals surface area contributed by atoms with E-state index in [1.165, 1.54) is 38.3 Å². The zero-order chi connectivity index (χ0) is 20.6. The van der Waals surface area contributed by atoms with Crippen molar-refractivity contribution >= 4 is 56.4 Å². The maximum Gasteiger partial charge on any atom is 0.255 e. The number of sulfonamides is 1. The molecule has 0 spiro atoms. The summed E-state index contributed by atoms with van der Waals surface area (Å²) in [6, 6.07) is 8.81. The van der Waals surface area contributed by atoms with Crippen molar-refractivity contribution in [3.8, 4) is 5.75 Å². The molecule has 0 aliphatic carbocycles. The number of hydrogen-bond acceptors (Lipinski definition) is 5. The summed E-state index contributed by atoms with van der Waals surface area (Å²) in [7, 11) is -2.36. The number of amides is 2. The second-order valence-electron chi connectivity index (χ2n) is 6.25. The molecule has 0 radical (unpaired) electrons. The van der Waals surface area contributed by atoms with Gasteiger partial charge < -0.3 is 10.1 Å². The molecule has 1 saturated heterocycles. The predicted octanol–water partition coefficient (Wildman–Crippen LogP) is 3.57. The van der Waals surface area contributed by atoms with Crippen LogP contribution in [0.15, 0.2) is 36.4 Å². The molecule has 1 heterocycles. The number of halogens is 2. The number of carbonyl (C=O) groups is 2. The molecule has 2 amide bonds. The molecule has 0 bridgehead atoms. The Hall–Kier alpha value is -2.29. The molecule has 1 N–H and O–H groups in total. The maximum absolute atomic E-state index is 12.6. The Morgan fingerprint density at radius 1 is 1.18 bits per heavy atom. The van der Waals surface area contributed by atoms with Crippen LogP contribution in [0.25, 0.3) is 0 Å². The molecule has 28 heavy (non-hydrogen) atoms. The van der Waals surface area contributed by atoms with Crippen molar-refractivity contribution in [2.45, 2.75) is 6.92 Å². The van der Waals surface area contributed by atoms with Crippen molar-refractivity contribution in [3.05, 3.63) is 52.0 Å². The number of nitrogens with one attached hydrogen (secondary N) is 1. The summed E-state index contributed by atoms with van der Waals surface area (Å²) in [5.41, 5.74) is 0.510. The van der Waals surface area contributed by atoms with Crippen molar-refractivity contribution in [2.75, 3.05) is 22.5 Å². The summed E-state index contributed by atoms with van der Waals surface area (Å²) in [6.07, 6.45) is 0. The Balaban J connectivity index is 1.92. The number of rotatable bonds is 4. The van der Waals surface area contributed by atoms with Gasteiger partial charge >= 0.3 is 0 Å². The van der Waals surface area contributed by atoms with Gasteiger partial charge in [-0.3, -0.25) is 9.59 Å². The molecular weight excluding hydrogens is 427 g/mol. The second-order valence-corrected chi connectivity index (χ2v) is 8.93. The topological polar surface area (TPSA) is 92.8 Å². The normalized spacial score (nSPS) is 18.2. The molecule has 1 fully saturated rings. The molecular formula is C18H16Cl2N2O5S. The van der Waals surface area contributed by atoms with Crippen molar-refractivity contribution in [3.63, 3.8) is 0 Å². The molecule has 2 aromatic carbocycles. The van der Waals surface area contributed by atoms with Gasteiger partial charge in [-0.2, -0.15) is 0 Å². The van der Waals surface area contributed by atoms with Crippen LogP contribution in [0.1, 0.15) is 17.3 Å². The minimum atomic E-state index is -3.84. The molecule has 1 aliphatic heterocycles. The Morgan fingerprint density at radius 2 is 1.89 bits per heavy atom. The summed E-state index contributed by atoms with van der Waals surface area (Å²) < 4.78 is 30.4. The van der Waals surface area contributed by atoms with E-state index in [0.717, 1.165) is 0 Å². The van der Waals surface area contributed by atoms with E-state index in [9.17, 15) is 18.0 Å². The summed E-state index contributed by atoms with van der Waals surface area (Å²) in [5, 5.41) is 3.02. The van der Waals surface area contributed by atoms with Crippen molar-refractivity contribution in [1.29, 1.82) is 0 Å². The van der Waals surface area contributed by atoms with Gasteiger partial charge in [-0.25, -0.2) is 12.7 Å². The van der Waals surface area contributed by atoms with Gasteiger partial charge in [0.2, 0.25) is 15.9 Å². The third-order valence-electron chi connectivity index (χ3n) is 4.20. The van der Waals surface area contributed by atoms with Crippen LogP contribution < -0.4 is 14.4 Å². The number of benzene rings is 2. The van der Waals surface area contributed by atoms with Crippen molar-refractivity contribution in [2.24, 2.45) is 5.92 Å². The van der Waals surface area contributed by atoms with Gasteiger partial charge in [0.15, 0.2) is 0 Å². The summed E-state index contributed by atoms with van der Waals surface area (Å²) >= 11 is 12.2. The maximum atomic E-state index is 12.6. The Kier molecular flexibility index (Phi) is 5.56. The van der Waals surface area contributed by atoms with Crippen molar-refractivity contribution in [1.82, 2.24) is 0 Å². The fourth-order valence-corrected chi connectivity index (χ4v) is 5.16. The zero-order valence-electron chi connectivity index (χ0n) is 14.9. The first-order valence-corrected chi connectivity index (χ1v) is 10.5. The van der Waals surface area contributed by atoms with Crippen LogP contribution in [0.2, 0.25) is 10.0 Å². The lowest BCUT2D eigenvalue weighted by molar-refractivity contribution is -0.119. The molecule has 1 atom stereocenters. The lowest BCUT2D eigenvalue weighted by atomic mass is 10.1. The van der Waals surface area contributed by atoms with Crippen LogP contribution in [0.5, 0.6) is 5.75 Å². The zero-order valence-corrected chi connectivity index (χ0v) is 17.2. The third-order valence-corrected chi connectivity index (χ3v) is 6.67. The standard InChI is InChI=1S/C18H16Cl2N2O5S/c1-10-9-28(25,26)22(18(10)24)15-7-11(3-5-13(15)19)17(23)21-12-4-6-16(27-2)14(20)8-12/h3-8,10H,9H2,1-2H3,(H,21,23). The van der Waals surface area contributed by atoms with Crippen LogP contribution in [0, 0.1) is 5.92 Å². The van der Waals surface area contributed by atoms with Gasteiger partial charge in [0.25, 0.3) is 5.91 Å². The number of methoxy groups -OCH3 is 1. The predicted molar refractivity (Wildman–Crippen MR) is 108 cm³/mol. The lowest BCUT2D eigenvalue weighted by Gasteiger charge is -2.18. The molecule has 148 valence electrons. The Bertz CT molecular complexity index is 1070. The second kappa shape index (κ2) is 7.62. The highest BCUT2D eigenvalue weighted by atomic mass is 35.5. The highest BCUT2D eigenvalue weighted by Gasteiger charge is 2.43. The molecule has 1 unspecified atom stereocenters. The number of anilines is 2. The van der Waals surface area contributed by atoms with Gasteiger partial charge in [-0.1, -0.05) is 30.1 Å². The first kappa shape index (κ1) is 20.4. The molecule has 10 heteroatoms. The SMILES string of the molecule is COc1ccc(NC(=O)c2ccc(Cl)c(N3C(=O)C(C)CS3(=O)=O)c2)cc1Cl. The highest BCUT2D eigenvalue weighted by molar-refractivity contribution is 7.94. The fourth-order valence-electron chi connectivity index (χ4n) is 2.82. The highest BCUT2D eigenvalue weighted by Crippen LogP contribution is 2.35. The number of ether oxygens (including phenoxy) is 1. The Morgan fingerprint density at radius 3 is 2.46 bits per heavy atom. The molecule has 0 aromatic heterocycles. The average Bonchev–Trinajstić information content (AvgIpc) is 2.83. The van der Waals surface area contributed by atoms with Gasteiger partial charge in [0, 0.05) is 11.3 Å². The van der Waals surface area contributed by atoms with E-state index in [1.807, 2.05) is 0 Å². The number of nitrogens with zero attached hydrogens (tertiary/aromatic N) is 1. The third kappa shape index (κ3) is 3.80. The van der Waals surface area contributed by atoms with Gasteiger partial charge in [0.05, 0.1) is 34.5 Å². The minimum Gasteiger partial charge on any atom is -0.495 e. The summed E-state index contributed by atoms with van der Waals surface area (Å²) in [4.78, 5) is 24.9. The van der Waals surface area contributed by atoms with Crippen LogP contribution >= 0.6 is 23.2 Å². The van der Waals surface area contributed by atoms with Crippen molar-refractivity contribution < 1.29 is 22.7 Å². The smallest absolute Gasteiger partial charge is 0.255 e. The van der Waals surface area contributed by atoms with Crippen LogP contribution in [0.3, 0.4) is 0 Å². The minimum absolute atomic E-state index is 0.0450. The van der Waals surface area contributed by atoms with E-state index in [1.54, 1.807) is 12.1 Å². The van der Waals surface area contributed by atoms with Crippen LogP contribution in [-0.2, 0) is 14.8 Å². The van der Waals surface area contributed by atoms with Gasteiger partial charge in [-0.05, 0) is 36.4 Å². The van der Waals surface area contributed by atoms with Crippen LogP contribution in [-0.4, -0.2) is 33.1 Å². The first-order chi connectivity index (χ1) is 13.1. The van der Waals surface area contributed by atoms with E-state index in [4.69, 9.17) is 27.9 Å². The quantitative estimate of drug-likeness (QED) is 0.780.